The first kappa shape index (κ1) is 14.0. The first-order valence-corrected chi connectivity index (χ1v) is 7.18. The molecule has 0 amide bonds. The van der Waals surface area contributed by atoms with Crippen molar-refractivity contribution in [3.63, 3.8) is 0 Å². The number of hydrogen-bond acceptors (Lipinski definition) is 4. The lowest BCUT2D eigenvalue weighted by molar-refractivity contribution is 0.0915. The van der Waals surface area contributed by atoms with E-state index in [0.717, 1.165) is 18.7 Å². The van der Waals surface area contributed by atoms with Gasteiger partial charge in [-0.3, -0.25) is 0 Å². The van der Waals surface area contributed by atoms with E-state index in [0.29, 0.717) is 18.4 Å². The Balaban J connectivity index is 2.05. The molecule has 0 saturated carbocycles. The van der Waals surface area contributed by atoms with E-state index >= 15 is 0 Å². The van der Waals surface area contributed by atoms with E-state index in [1.165, 1.54) is 16.7 Å². The Hall–Kier alpha value is -1.91. The smallest absolute Gasteiger partial charge is 0.213 e. The Morgan fingerprint density at radius 3 is 3.10 bits per heavy atom. The van der Waals surface area contributed by atoms with E-state index in [-0.39, 0.29) is 0 Å². The average Bonchev–Trinajstić information content (AvgIpc) is 2.55. The number of methoxy groups -OCH3 is 1. The van der Waals surface area contributed by atoms with Gasteiger partial charge in [0, 0.05) is 24.7 Å². The minimum Gasteiger partial charge on any atom is -0.481 e. The van der Waals surface area contributed by atoms with Gasteiger partial charge in [-0.1, -0.05) is 18.2 Å². The van der Waals surface area contributed by atoms with E-state index in [4.69, 9.17) is 9.47 Å². The summed E-state index contributed by atoms with van der Waals surface area (Å²) in [5, 5.41) is 3.25. The van der Waals surface area contributed by atoms with Gasteiger partial charge in [0.2, 0.25) is 5.88 Å². The molecule has 1 N–H and O–H groups in total. The van der Waals surface area contributed by atoms with Crippen LogP contribution in [0.4, 0.5) is 0 Å². The lowest BCUT2D eigenvalue weighted by Crippen LogP contribution is -2.26. The second-order valence-corrected chi connectivity index (χ2v) is 5.23. The Morgan fingerprint density at radius 1 is 1.38 bits per heavy atom. The number of pyridine rings is 1. The number of nitrogens with one attached hydrogen (secondary N) is 1. The summed E-state index contributed by atoms with van der Waals surface area (Å²) in [5.74, 6) is 1.04. The fourth-order valence-corrected chi connectivity index (χ4v) is 2.92. The van der Waals surface area contributed by atoms with Gasteiger partial charge in [0.1, 0.15) is 0 Å². The normalized spacial score (nSPS) is 17.3. The highest BCUT2D eigenvalue weighted by Crippen LogP contribution is 2.34. The molecule has 0 aliphatic carbocycles. The van der Waals surface area contributed by atoms with Crippen LogP contribution in [0.2, 0.25) is 0 Å². The number of fused-ring (bicyclic) bond motifs is 1. The summed E-state index contributed by atoms with van der Waals surface area (Å²) in [6.45, 7) is 2.36. The van der Waals surface area contributed by atoms with Crippen LogP contribution in [0.3, 0.4) is 0 Å². The highest BCUT2D eigenvalue weighted by molar-refractivity contribution is 5.69. The van der Waals surface area contributed by atoms with Crippen molar-refractivity contribution in [2.24, 2.45) is 0 Å². The van der Waals surface area contributed by atoms with Crippen molar-refractivity contribution in [3.8, 4) is 17.0 Å². The zero-order valence-corrected chi connectivity index (χ0v) is 12.4. The third kappa shape index (κ3) is 2.77. The Morgan fingerprint density at radius 2 is 2.29 bits per heavy atom. The highest BCUT2D eigenvalue weighted by Gasteiger charge is 2.22. The molecule has 4 nitrogen and oxygen atoms in total. The third-order valence-electron chi connectivity index (χ3n) is 3.92. The van der Waals surface area contributed by atoms with Gasteiger partial charge < -0.3 is 14.8 Å². The molecule has 110 valence electrons. The van der Waals surface area contributed by atoms with Crippen molar-refractivity contribution in [1.82, 2.24) is 10.3 Å². The molecule has 1 aliphatic rings. The van der Waals surface area contributed by atoms with Crippen LogP contribution in [-0.4, -0.2) is 32.3 Å². The second kappa shape index (κ2) is 6.24. The second-order valence-electron chi connectivity index (χ2n) is 5.23. The van der Waals surface area contributed by atoms with Gasteiger partial charge in [-0.2, -0.15) is 0 Å². The van der Waals surface area contributed by atoms with Gasteiger partial charge in [-0.15, -0.1) is 0 Å². The zero-order valence-electron chi connectivity index (χ0n) is 12.4. The average molecular weight is 284 g/mol. The maximum absolute atomic E-state index is 5.79. The molecule has 1 aromatic carbocycles. The molecule has 0 unspecified atom stereocenters. The van der Waals surface area contributed by atoms with Gasteiger partial charge in [0.25, 0.3) is 0 Å². The molecule has 1 atom stereocenters. The molecule has 0 saturated heterocycles. The maximum atomic E-state index is 5.79. The third-order valence-corrected chi connectivity index (χ3v) is 3.92. The van der Waals surface area contributed by atoms with Gasteiger partial charge in [0.15, 0.2) is 0 Å². The Labute approximate surface area is 125 Å². The van der Waals surface area contributed by atoms with E-state index < -0.39 is 0 Å². The van der Waals surface area contributed by atoms with Crippen LogP contribution in [0.5, 0.6) is 5.88 Å². The van der Waals surface area contributed by atoms with Gasteiger partial charge in [0.05, 0.1) is 20.3 Å². The van der Waals surface area contributed by atoms with Crippen LogP contribution < -0.4 is 10.1 Å². The van der Waals surface area contributed by atoms with Gasteiger partial charge in [-0.25, -0.2) is 4.98 Å². The molecule has 21 heavy (non-hydrogen) atoms. The number of nitrogens with zero attached hydrogens (tertiary/aromatic N) is 1. The number of hydrogen-bond donors (Lipinski definition) is 1. The van der Waals surface area contributed by atoms with Crippen molar-refractivity contribution in [3.05, 3.63) is 47.7 Å². The molecular formula is C17H20N2O2. The predicted molar refractivity (Wildman–Crippen MR) is 82.5 cm³/mol. The fourth-order valence-electron chi connectivity index (χ4n) is 2.92. The topological polar surface area (TPSA) is 43.4 Å². The van der Waals surface area contributed by atoms with Gasteiger partial charge in [-0.05, 0) is 35.4 Å². The molecule has 1 aliphatic heterocycles. The number of likely N-dealkylation sites (N-methyl/N-ethyl adjacent to an activating group) is 1. The molecule has 3 rings (SSSR count). The summed E-state index contributed by atoms with van der Waals surface area (Å²) in [6, 6.07) is 10.5. The van der Waals surface area contributed by atoms with E-state index in [1.807, 2.05) is 19.2 Å². The first-order chi connectivity index (χ1) is 10.3. The summed E-state index contributed by atoms with van der Waals surface area (Å²) in [7, 11) is 3.62. The van der Waals surface area contributed by atoms with Crippen molar-refractivity contribution in [2.75, 3.05) is 27.3 Å². The molecule has 0 bridgehead atoms. The summed E-state index contributed by atoms with van der Waals surface area (Å²) in [5.41, 5.74) is 4.97. The predicted octanol–water partition coefficient (Wildman–Crippen LogP) is 2.59. The number of benzene rings is 1. The SMILES string of the molecule is CNC[C@H]1COCc2c(-c3ccnc(OC)c3)cccc21. The number of ether oxygens (including phenoxy) is 2. The first-order valence-electron chi connectivity index (χ1n) is 7.18. The van der Waals surface area contributed by atoms with Gasteiger partial charge >= 0.3 is 0 Å². The minimum atomic E-state index is 0.405. The standard InChI is InChI=1S/C17H20N2O2/c1-18-9-13-10-21-11-16-14(4-3-5-15(13)16)12-6-7-19-17(8-12)20-2/h3-8,13,18H,9-11H2,1-2H3/t13-/m0/s1. The largest absolute Gasteiger partial charge is 0.481 e. The van der Waals surface area contributed by atoms with Crippen molar-refractivity contribution < 1.29 is 9.47 Å². The Kier molecular flexibility index (Phi) is 4.18. The molecular weight excluding hydrogens is 264 g/mol. The van der Waals surface area contributed by atoms with Crippen molar-refractivity contribution in [2.45, 2.75) is 12.5 Å². The van der Waals surface area contributed by atoms with Crippen LogP contribution >= 0.6 is 0 Å². The molecule has 0 spiro atoms. The summed E-state index contributed by atoms with van der Waals surface area (Å²) < 4.78 is 11.0. The fraction of sp³-hybridized carbons (Fsp3) is 0.353. The van der Waals surface area contributed by atoms with Crippen LogP contribution in [-0.2, 0) is 11.3 Å². The molecule has 2 heterocycles. The van der Waals surface area contributed by atoms with E-state index in [9.17, 15) is 0 Å². The van der Waals surface area contributed by atoms with Crippen LogP contribution in [0.15, 0.2) is 36.5 Å². The molecule has 4 heteroatoms. The summed E-state index contributed by atoms with van der Waals surface area (Å²) >= 11 is 0. The van der Waals surface area contributed by atoms with E-state index in [1.54, 1.807) is 13.3 Å². The molecule has 0 radical (unpaired) electrons. The minimum absolute atomic E-state index is 0.405. The summed E-state index contributed by atoms with van der Waals surface area (Å²) in [4.78, 5) is 4.18. The Bertz CT molecular complexity index is 628. The van der Waals surface area contributed by atoms with Crippen LogP contribution in [0, 0.1) is 0 Å². The maximum Gasteiger partial charge on any atom is 0.213 e. The molecule has 0 fully saturated rings. The molecule has 1 aromatic heterocycles. The lowest BCUT2D eigenvalue weighted by atomic mass is 9.88. The quantitative estimate of drug-likeness (QED) is 0.937. The number of rotatable bonds is 4. The van der Waals surface area contributed by atoms with Crippen LogP contribution in [0.25, 0.3) is 11.1 Å². The zero-order chi connectivity index (χ0) is 14.7. The number of aromatic nitrogens is 1. The lowest BCUT2D eigenvalue weighted by Gasteiger charge is -2.27. The highest BCUT2D eigenvalue weighted by atomic mass is 16.5. The van der Waals surface area contributed by atoms with Crippen LogP contribution in [0.1, 0.15) is 17.0 Å². The molecule has 2 aromatic rings. The summed E-state index contributed by atoms with van der Waals surface area (Å²) in [6.07, 6.45) is 1.78. The monoisotopic (exact) mass is 284 g/mol. The van der Waals surface area contributed by atoms with Crippen molar-refractivity contribution in [1.29, 1.82) is 0 Å². The van der Waals surface area contributed by atoms with E-state index in [2.05, 4.69) is 28.5 Å². The van der Waals surface area contributed by atoms with Crippen molar-refractivity contribution >= 4 is 0 Å².